The van der Waals surface area contributed by atoms with Gasteiger partial charge in [-0.25, -0.2) is 4.98 Å². The molecule has 1 heterocycles. The first-order valence-corrected chi connectivity index (χ1v) is 8.26. The Morgan fingerprint density at radius 3 is 2.91 bits per heavy atom. The fourth-order valence-corrected chi connectivity index (χ4v) is 3.17. The van der Waals surface area contributed by atoms with Crippen molar-refractivity contribution in [2.45, 2.75) is 38.1 Å². The number of oxazole rings is 1. The Morgan fingerprint density at radius 2 is 2.13 bits per heavy atom. The van der Waals surface area contributed by atoms with E-state index in [2.05, 4.69) is 10.3 Å². The molecule has 1 saturated carbocycles. The average Bonchev–Trinajstić information content (AvgIpc) is 3.23. The van der Waals surface area contributed by atoms with Crippen LogP contribution in [-0.2, 0) is 11.2 Å². The standard InChI is InChI=1S/C18H23N3O2/c19-11-14-7-4-8-15(14)21-17(22)9-10-18-20-12-16(23-18)13-5-2-1-3-6-13/h1-3,5-6,12,14-15H,4,7-11,19H2,(H,21,22). The third-order valence-electron chi connectivity index (χ3n) is 4.49. The zero-order valence-corrected chi connectivity index (χ0v) is 13.2. The number of carbonyl (C=O) groups excluding carboxylic acids is 1. The molecule has 0 radical (unpaired) electrons. The molecular formula is C18H23N3O2. The molecule has 2 aromatic rings. The van der Waals surface area contributed by atoms with Gasteiger partial charge in [0, 0.05) is 24.4 Å². The maximum Gasteiger partial charge on any atom is 0.220 e. The summed E-state index contributed by atoms with van der Waals surface area (Å²) in [6.45, 7) is 0.644. The van der Waals surface area contributed by atoms with Crippen LogP contribution in [0, 0.1) is 5.92 Å². The summed E-state index contributed by atoms with van der Waals surface area (Å²) in [7, 11) is 0. The number of nitrogens with zero attached hydrogens (tertiary/aromatic N) is 1. The van der Waals surface area contributed by atoms with Crippen LogP contribution in [0.15, 0.2) is 40.9 Å². The summed E-state index contributed by atoms with van der Waals surface area (Å²) < 4.78 is 5.72. The highest BCUT2D eigenvalue weighted by Gasteiger charge is 2.27. The van der Waals surface area contributed by atoms with Gasteiger partial charge < -0.3 is 15.5 Å². The maximum atomic E-state index is 12.1. The minimum atomic E-state index is 0.0508. The number of rotatable bonds is 6. The number of amides is 1. The summed E-state index contributed by atoms with van der Waals surface area (Å²) in [4.78, 5) is 16.4. The molecule has 2 unspecified atom stereocenters. The van der Waals surface area contributed by atoms with Gasteiger partial charge in [0.25, 0.3) is 0 Å². The monoisotopic (exact) mass is 313 g/mol. The van der Waals surface area contributed by atoms with Crippen molar-refractivity contribution in [1.82, 2.24) is 10.3 Å². The Balaban J connectivity index is 1.51. The minimum Gasteiger partial charge on any atom is -0.441 e. The van der Waals surface area contributed by atoms with Crippen LogP contribution in [0.5, 0.6) is 0 Å². The number of hydrogen-bond acceptors (Lipinski definition) is 4. The van der Waals surface area contributed by atoms with Crippen LogP contribution in [0.2, 0.25) is 0 Å². The number of nitrogens with one attached hydrogen (secondary N) is 1. The van der Waals surface area contributed by atoms with E-state index in [9.17, 15) is 4.79 Å². The van der Waals surface area contributed by atoms with Crippen molar-refractivity contribution < 1.29 is 9.21 Å². The molecule has 122 valence electrons. The van der Waals surface area contributed by atoms with Crippen molar-refractivity contribution in [3.63, 3.8) is 0 Å². The van der Waals surface area contributed by atoms with Crippen molar-refractivity contribution in [1.29, 1.82) is 0 Å². The number of aromatic nitrogens is 1. The molecule has 0 saturated heterocycles. The summed E-state index contributed by atoms with van der Waals surface area (Å²) in [5.74, 6) is 1.81. The number of nitrogens with two attached hydrogens (primary N) is 1. The van der Waals surface area contributed by atoms with Gasteiger partial charge in [0.05, 0.1) is 6.20 Å². The first kappa shape index (κ1) is 15.7. The van der Waals surface area contributed by atoms with Gasteiger partial charge in [-0.1, -0.05) is 36.8 Å². The fraction of sp³-hybridized carbons (Fsp3) is 0.444. The normalized spacial score (nSPS) is 20.6. The number of aryl methyl sites for hydroxylation is 1. The van der Waals surface area contributed by atoms with E-state index in [-0.39, 0.29) is 11.9 Å². The van der Waals surface area contributed by atoms with Gasteiger partial charge in [0.1, 0.15) is 0 Å². The molecule has 3 rings (SSSR count). The Labute approximate surface area is 136 Å². The zero-order chi connectivity index (χ0) is 16.1. The molecule has 5 nitrogen and oxygen atoms in total. The third-order valence-corrected chi connectivity index (χ3v) is 4.49. The second-order valence-electron chi connectivity index (χ2n) is 6.08. The molecule has 1 aliphatic rings. The van der Waals surface area contributed by atoms with Crippen molar-refractivity contribution in [3.05, 3.63) is 42.4 Å². The van der Waals surface area contributed by atoms with E-state index in [1.807, 2.05) is 30.3 Å². The summed E-state index contributed by atoms with van der Waals surface area (Å²) in [6, 6.07) is 10.1. The van der Waals surface area contributed by atoms with Crippen LogP contribution in [0.25, 0.3) is 11.3 Å². The van der Waals surface area contributed by atoms with Gasteiger partial charge in [0.2, 0.25) is 5.91 Å². The van der Waals surface area contributed by atoms with Gasteiger partial charge in [0.15, 0.2) is 11.7 Å². The van der Waals surface area contributed by atoms with Crippen LogP contribution >= 0.6 is 0 Å². The Kier molecular flexibility index (Phi) is 5.08. The number of benzene rings is 1. The molecule has 5 heteroatoms. The lowest BCUT2D eigenvalue weighted by Crippen LogP contribution is -2.39. The van der Waals surface area contributed by atoms with Crippen LogP contribution in [0.3, 0.4) is 0 Å². The predicted octanol–water partition coefficient (Wildman–Crippen LogP) is 2.52. The van der Waals surface area contributed by atoms with Crippen molar-refractivity contribution in [3.8, 4) is 11.3 Å². The molecule has 1 aromatic heterocycles. The Hall–Kier alpha value is -2.14. The van der Waals surface area contributed by atoms with E-state index in [1.54, 1.807) is 6.20 Å². The first-order valence-electron chi connectivity index (χ1n) is 8.26. The molecule has 23 heavy (non-hydrogen) atoms. The second-order valence-corrected chi connectivity index (χ2v) is 6.08. The smallest absolute Gasteiger partial charge is 0.220 e. The summed E-state index contributed by atoms with van der Waals surface area (Å²) in [5, 5.41) is 3.10. The van der Waals surface area contributed by atoms with E-state index < -0.39 is 0 Å². The zero-order valence-electron chi connectivity index (χ0n) is 13.2. The van der Waals surface area contributed by atoms with Crippen molar-refractivity contribution in [2.24, 2.45) is 11.7 Å². The molecule has 0 aliphatic heterocycles. The highest BCUT2D eigenvalue weighted by Crippen LogP contribution is 2.25. The Morgan fingerprint density at radius 1 is 1.30 bits per heavy atom. The lowest BCUT2D eigenvalue weighted by Gasteiger charge is -2.19. The van der Waals surface area contributed by atoms with E-state index in [0.717, 1.165) is 30.6 Å². The minimum absolute atomic E-state index is 0.0508. The van der Waals surface area contributed by atoms with E-state index in [0.29, 0.717) is 31.2 Å². The topological polar surface area (TPSA) is 81.1 Å². The van der Waals surface area contributed by atoms with Crippen molar-refractivity contribution >= 4 is 5.91 Å². The average molecular weight is 313 g/mol. The molecular weight excluding hydrogens is 290 g/mol. The summed E-state index contributed by atoms with van der Waals surface area (Å²) in [6.07, 6.45) is 5.91. The number of carbonyl (C=O) groups is 1. The van der Waals surface area contributed by atoms with Crippen LogP contribution in [0.4, 0.5) is 0 Å². The fourth-order valence-electron chi connectivity index (χ4n) is 3.17. The molecule has 2 atom stereocenters. The largest absolute Gasteiger partial charge is 0.441 e. The quantitative estimate of drug-likeness (QED) is 0.858. The lowest BCUT2D eigenvalue weighted by molar-refractivity contribution is -0.122. The van der Waals surface area contributed by atoms with E-state index >= 15 is 0 Å². The Bertz CT molecular complexity index is 639. The van der Waals surface area contributed by atoms with E-state index in [1.165, 1.54) is 0 Å². The predicted molar refractivity (Wildman–Crippen MR) is 88.6 cm³/mol. The third kappa shape index (κ3) is 3.99. The van der Waals surface area contributed by atoms with Gasteiger partial charge in [-0.3, -0.25) is 4.79 Å². The highest BCUT2D eigenvalue weighted by molar-refractivity contribution is 5.76. The highest BCUT2D eigenvalue weighted by atomic mass is 16.4. The van der Waals surface area contributed by atoms with Gasteiger partial charge in [-0.2, -0.15) is 0 Å². The molecule has 0 spiro atoms. The SMILES string of the molecule is NCC1CCCC1NC(=O)CCc1ncc(-c2ccccc2)o1. The maximum absolute atomic E-state index is 12.1. The number of hydrogen-bond donors (Lipinski definition) is 2. The van der Waals surface area contributed by atoms with Crippen LogP contribution < -0.4 is 11.1 Å². The summed E-state index contributed by atoms with van der Waals surface area (Å²) in [5.41, 5.74) is 6.74. The molecule has 1 amide bonds. The molecule has 0 bridgehead atoms. The second kappa shape index (κ2) is 7.42. The molecule has 3 N–H and O–H groups in total. The van der Waals surface area contributed by atoms with Gasteiger partial charge in [-0.05, 0) is 25.3 Å². The molecule has 1 fully saturated rings. The molecule has 1 aromatic carbocycles. The van der Waals surface area contributed by atoms with Crippen LogP contribution in [0.1, 0.15) is 31.6 Å². The van der Waals surface area contributed by atoms with Crippen LogP contribution in [-0.4, -0.2) is 23.5 Å². The van der Waals surface area contributed by atoms with Gasteiger partial charge >= 0.3 is 0 Å². The first-order chi connectivity index (χ1) is 11.3. The molecule has 1 aliphatic carbocycles. The summed E-state index contributed by atoms with van der Waals surface area (Å²) >= 11 is 0. The van der Waals surface area contributed by atoms with Gasteiger partial charge in [-0.15, -0.1) is 0 Å². The van der Waals surface area contributed by atoms with Crippen molar-refractivity contribution in [2.75, 3.05) is 6.54 Å². The van der Waals surface area contributed by atoms with E-state index in [4.69, 9.17) is 10.2 Å². The lowest BCUT2D eigenvalue weighted by atomic mass is 10.0.